The molecule has 136 valence electrons. The highest BCUT2D eigenvalue weighted by molar-refractivity contribution is 6.30. The molecule has 1 amide bonds. The fraction of sp³-hybridized carbons (Fsp3) is 0.278. The molecule has 0 unspecified atom stereocenters. The number of hydrogen-bond acceptors (Lipinski definition) is 5. The SMILES string of the molecule is O=C(Nc1ccccc1O)C1CCN(c2ccc(Cl)cc2[N+](=O)[O-])CC1. The van der Waals surface area contributed by atoms with Crippen molar-refractivity contribution in [1.29, 1.82) is 0 Å². The van der Waals surface area contributed by atoms with Crippen LogP contribution in [0.5, 0.6) is 5.75 Å². The maximum Gasteiger partial charge on any atom is 0.294 e. The first-order valence-corrected chi connectivity index (χ1v) is 8.61. The molecule has 7 nitrogen and oxygen atoms in total. The van der Waals surface area contributed by atoms with E-state index in [-0.39, 0.29) is 23.3 Å². The van der Waals surface area contributed by atoms with Crippen LogP contribution in [0.3, 0.4) is 0 Å². The average Bonchev–Trinajstić information content (AvgIpc) is 2.63. The smallest absolute Gasteiger partial charge is 0.294 e. The van der Waals surface area contributed by atoms with Gasteiger partial charge < -0.3 is 15.3 Å². The molecule has 0 saturated carbocycles. The molecule has 0 radical (unpaired) electrons. The molecule has 1 heterocycles. The van der Waals surface area contributed by atoms with Crippen molar-refractivity contribution >= 4 is 34.6 Å². The molecular formula is C18H18ClN3O4. The Labute approximate surface area is 155 Å². The number of carbonyl (C=O) groups excluding carboxylic acids is 1. The van der Waals surface area contributed by atoms with Gasteiger partial charge in [-0.3, -0.25) is 14.9 Å². The minimum atomic E-state index is -0.446. The number of nitro groups is 1. The molecule has 0 aliphatic carbocycles. The first-order valence-electron chi connectivity index (χ1n) is 8.23. The lowest BCUT2D eigenvalue weighted by molar-refractivity contribution is -0.384. The van der Waals surface area contributed by atoms with E-state index in [2.05, 4.69) is 5.32 Å². The summed E-state index contributed by atoms with van der Waals surface area (Å²) in [5.41, 5.74) is 0.863. The van der Waals surface area contributed by atoms with Crippen molar-refractivity contribution in [2.24, 2.45) is 5.92 Å². The molecule has 1 saturated heterocycles. The van der Waals surface area contributed by atoms with Crippen LogP contribution in [-0.2, 0) is 4.79 Å². The van der Waals surface area contributed by atoms with E-state index < -0.39 is 4.92 Å². The molecule has 3 rings (SSSR count). The Bertz CT molecular complexity index is 835. The molecule has 0 atom stereocenters. The zero-order valence-electron chi connectivity index (χ0n) is 13.9. The van der Waals surface area contributed by atoms with Gasteiger partial charge in [0, 0.05) is 30.1 Å². The average molecular weight is 376 g/mol. The van der Waals surface area contributed by atoms with Crippen molar-refractivity contribution in [2.45, 2.75) is 12.8 Å². The number of amides is 1. The number of para-hydroxylation sites is 2. The monoisotopic (exact) mass is 375 g/mol. The highest BCUT2D eigenvalue weighted by Crippen LogP contribution is 2.34. The quantitative estimate of drug-likeness (QED) is 0.481. The van der Waals surface area contributed by atoms with Crippen molar-refractivity contribution < 1.29 is 14.8 Å². The van der Waals surface area contributed by atoms with Gasteiger partial charge in [0.1, 0.15) is 11.4 Å². The van der Waals surface area contributed by atoms with Gasteiger partial charge in [0.25, 0.3) is 5.69 Å². The second-order valence-corrected chi connectivity index (χ2v) is 6.59. The van der Waals surface area contributed by atoms with Crippen molar-refractivity contribution in [3.05, 3.63) is 57.6 Å². The topological polar surface area (TPSA) is 95.7 Å². The van der Waals surface area contributed by atoms with E-state index in [1.807, 2.05) is 4.90 Å². The van der Waals surface area contributed by atoms with Gasteiger partial charge in [-0.1, -0.05) is 23.7 Å². The first-order chi connectivity index (χ1) is 12.5. The molecule has 0 bridgehead atoms. The molecule has 1 fully saturated rings. The van der Waals surface area contributed by atoms with Crippen LogP contribution < -0.4 is 10.2 Å². The Morgan fingerprint density at radius 2 is 1.92 bits per heavy atom. The molecular weight excluding hydrogens is 358 g/mol. The van der Waals surface area contributed by atoms with E-state index in [0.717, 1.165) is 0 Å². The van der Waals surface area contributed by atoms with E-state index >= 15 is 0 Å². The summed E-state index contributed by atoms with van der Waals surface area (Å²) in [7, 11) is 0. The van der Waals surface area contributed by atoms with Crippen LogP contribution in [0.4, 0.5) is 17.1 Å². The van der Waals surface area contributed by atoms with Gasteiger partial charge in [-0.25, -0.2) is 0 Å². The lowest BCUT2D eigenvalue weighted by Crippen LogP contribution is -2.38. The maximum absolute atomic E-state index is 12.4. The Balaban J connectivity index is 1.65. The number of nitro benzene ring substituents is 1. The second-order valence-electron chi connectivity index (χ2n) is 6.16. The summed E-state index contributed by atoms with van der Waals surface area (Å²) in [6.45, 7) is 1.06. The third-order valence-electron chi connectivity index (χ3n) is 4.50. The third-order valence-corrected chi connectivity index (χ3v) is 4.74. The summed E-state index contributed by atoms with van der Waals surface area (Å²) in [5, 5.41) is 24.1. The fourth-order valence-electron chi connectivity index (χ4n) is 3.11. The van der Waals surface area contributed by atoms with E-state index in [9.17, 15) is 20.0 Å². The van der Waals surface area contributed by atoms with Crippen LogP contribution in [-0.4, -0.2) is 29.0 Å². The van der Waals surface area contributed by atoms with Crippen LogP contribution in [0.1, 0.15) is 12.8 Å². The van der Waals surface area contributed by atoms with Crippen LogP contribution in [0.25, 0.3) is 0 Å². The van der Waals surface area contributed by atoms with Crippen molar-refractivity contribution in [1.82, 2.24) is 0 Å². The number of piperidine rings is 1. The minimum Gasteiger partial charge on any atom is -0.506 e. The lowest BCUT2D eigenvalue weighted by atomic mass is 9.95. The Kier molecular flexibility index (Phi) is 5.27. The summed E-state index contributed by atoms with van der Waals surface area (Å²) in [6.07, 6.45) is 1.14. The zero-order valence-corrected chi connectivity index (χ0v) is 14.6. The summed E-state index contributed by atoms with van der Waals surface area (Å²) in [6, 6.07) is 11.2. The number of benzene rings is 2. The van der Waals surface area contributed by atoms with Crippen molar-refractivity contribution in [3.63, 3.8) is 0 Å². The van der Waals surface area contributed by atoms with E-state index in [1.165, 1.54) is 12.1 Å². The number of halogens is 1. The van der Waals surface area contributed by atoms with E-state index in [4.69, 9.17) is 11.6 Å². The predicted octanol–water partition coefficient (Wildman–Crippen LogP) is 3.81. The van der Waals surface area contributed by atoms with E-state index in [0.29, 0.717) is 42.3 Å². The highest BCUT2D eigenvalue weighted by atomic mass is 35.5. The number of phenols is 1. The highest BCUT2D eigenvalue weighted by Gasteiger charge is 2.28. The van der Waals surface area contributed by atoms with Crippen LogP contribution in [0, 0.1) is 16.0 Å². The van der Waals surface area contributed by atoms with Gasteiger partial charge >= 0.3 is 0 Å². The van der Waals surface area contributed by atoms with Gasteiger partial charge in [-0.2, -0.15) is 0 Å². The number of nitrogens with zero attached hydrogens (tertiary/aromatic N) is 2. The Morgan fingerprint density at radius 1 is 1.23 bits per heavy atom. The van der Waals surface area contributed by atoms with Crippen LogP contribution >= 0.6 is 11.6 Å². The van der Waals surface area contributed by atoms with Gasteiger partial charge in [0.15, 0.2) is 0 Å². The Hall–Kier alpha value is -2.80. The first kappa shape index (κ1) is 18.0. The number of phenolic OH excluding ortho intramolecular Hbond substituents is 1. The number of hydrogen-bond donors (Lipinski definition) is 2. The number of nitrogens with one attached hydrogen (secondary N) is 1. The van der Waals surface area contributed by atoms with Crippen molar-refractivity contribution in [2.75, 3.05) is 23.3 Å². The molecule has 0 spiro atoms. The maximum atomic E-state index is 12.4. The zero-order chi connectivity index (χ0) is 18.7. The van der Waals surface area contributed by atoms with Gasteiger partial charge in [-0.15, -0.1) is 0 Å². The predicted molar refractivity (Wildman–Crippen MR) is 99.8 cm³/mol. The third kappa shape index (κ3) is 3.88. The molecule has 1 aliphatic heterocycles. The molecule has 2 N–H and O–H groups in total. The molecule has 26 heavy (non-hydrogen) atoms. The fourth-order valence-corrected chi connectivity index (χ4v) is 3.27. The van der Waals surface area contributed by atoms with Crippen LogP contribution in [0.15, 0.2) is 42.5 Å². The molecule has 8 heteroatoms. The largest absolute Gasteiger partial charge is 0.506 e. The number of anilines is 2. The summed E-state index contributed by atoms with van der Waals surface area (Å²) >= 11 is 5.86. The number of aromatic hydroxyl groups is 1. The van der Waals surface area contributed by atoms with E-state index in [1.54, 1.807) is 30.3 Å². The lowest BCUT2D eigenvalue weighted by Gasteiger charge is -2.32. The standard InChI is InChI=1S/C18H18ClN3O4/c19-13-5-6-15(16(11-13)22(25)26)21-9-7-12(8-10-21)18(24)20-14-3-1-2-4-17(14)23/h1-6,11-12,23H,7-10H2,(H,20,24). The normalized spacial score (nSPS) is 14.9. The molecule has 2 aromatic carbocycles. The summed E-state index contributed by atoms with van der Waals surface area (Å²) in [4.78, 5) is 25.1. The summed E-state index contributed by atoms with van der Waals surface area (Å²) < 4.78 is 0. The number of carbonyl (C=O) groups is 1. The van der Waals surface area contributed by atoms with Crippen LogP contribution in [0.2, 0.25) is 5.02 Å². The second kappa shape index (κ2) is 7.61. The summed E-state index contributed by atoms with van der Waals surface area (Å²) in [5.74, 6) is -0.343. The minimum absolute atomic E-state index is 0.0232. The number of rotatable bonds is 4. The Morgan fingerprint density at radius 3 is 2.58 bits per heavy atom. The van der Waals surface area contributed by atoms with Gasteiger partial charge in [-0.05, 0) is 37.1 Å². The molecule has 0 aromatic heterocycles. The van der Waals surface area contributed by atoms with Gasteiger partial charge in [0.2, 0.25) is 5.91 Å². The van der Waals surface area contributed by atoms with Gasteiger partial charge in [0.05, 0.1) is 10.6 Å². The molecule has 2 aromatic rings. The van der Waals surface area contributed by atoms with Crippen molar-refractivity contribution in [3.8, 4) is 5.75 Å². The molecule has 1 aliphatic rings.